The SMILES string of the molecule is Oc1coc2ccc3c4ccccc4[nH]c3c12. The molecule has 0 spiro atoms. The topological polar surface area (TPSA) is 49.2 Å². The monoisotopic (exact) mass is 223 g/mol. The number of hydrogen-bond donors (Lipinski definition) is 2. The van der Waals surface area contributed by atoms with Crippen molar-refractivity contribution in [2.45, 2.75) is 0 Å². The molecule has 0 aliphatic carbocycles. The maximum Gasteiger partial charge on any atom is 0.163 e. The molecule has 3 nitrogen and oxygen atoms in total. The second-order valence-electron chi connectivity index (χ2n) is 4.15. The molecule has 4 rings (SSSR count). The number of hydrogen-bond acceptors (Lipinski definition) is 2. The molecule has 0 saturated carbocycles. The maximum atomic E-state index is 9.82. The van der Waals surface area contributed by atoms with Gasteiger partial charge < -0.3 is 14.5 Å². The third-order valence-corrected chi connectivity index (χ3v) is 3.20. The van der Waals surface area contributed by atoms with Crippen LogP contribution in [-0.4, -0.2) is 10.1 Å². The molecule has 3 heteroatoms. The number of H-pyrrole nitrogens is 1. The minimum absolute atomic E-state index is 0.178. The number of furan rings is 1. The van der Waals surface area contributed by atoms with Gasteiger partial charge in [0.05, 0.1) is 10.9 Å². The number of aromatic hydroxyl groups is 1. The van der Waals surface area contributed by atoms with Crippen LogP contribution in [0.3, 0.4) is 0 Å². The number of nitrogens with one attached hydrogen (secondary N) is 1. The van der Waals surface area contributed by atoms with Crippen LogP contribution in [0.15, 0.2) is 47.1 Å². The van der Waals surface area contributed by atoms with Crippen molar-refractivity contribution in [1.82, 2.24) is 4.98 Å². The van der Waals surface area contributed by atoms with E-state index >= 15 is 0 Å². The van der Waals surface area contributed by atoms with E-state index in [1.807, 2.05) is 30.3 Å². The summed E-state index contributed by atoms with van der Waals surface area (Å²) in [4.78, 5) is 3.33. The van der Waals surface area contributed by atoms with Gasteiger partial charge in [0, 0.05) is 16.3 Å². The van der Waals surface area contributed by atoms with Crippen LogP contribution in [0.4, 0.5) is 0 Å². The Bertz CT molecular complexity index is 854. The molecule has 0 aliphatic heterocycles. The van der Waals surface area contributed by atoms with Crippen LogP contribution in [0.1, 0.15) is 0 Å². The zero-order valence-corrected chi connectivity index (χ0v) is 8.90. The third kappa shape index (κ3) is 1.00. The van der Waals surface area contributed by atoms with Crippen LogP contribution >= 0.6 is 0 Å². The fourth-order valence-corrected chi connectivity index (χ4v) is 2.43. The van der Waals surface area contributed by atoms with Crippen LogP contribution < -0.4 is 0 Å². The zero-order valence-electron chi connectivity index (χ0n) is 8.90. The van der Waals surface area contributed by atoms with Gasteiger partial charge in [0.15, 0.2) is 5.75 Å². The first kappa shape index (κ1) is 8.70. The number of benzene rings is 2. The highest BCUT2D eigenvalue weighted by Gasteiger charge is 2.12. The Labute approximate surface area is 96.3 Å². The molecular formula is C14H9NO2. The molecule has 0 bridgehead atoms. The van der Waals surface area contributed by atoms with Crippen LogP contribution in [0.25, 0.3) is 32.8 Å². The standard InChI is InChI=1S/C14H9NO2/c16-11-7-17-12-6-5-9-8-3-1-2-4-10(8)15-14(9)13(11)12/h1-7,15-16H. The van der Waals surface area contributed by atoms with E-state index in [2.05, 4.69) is 11.1 Å². The summed E-state index contributed by atoms with van der Waals surface area (Å²) < 4.78 is 5.28. The van der Waals surface area contributed by atoms with E-state index < -0.39 is 0 Å². The summed E-state index contributed by atoms with van der Waals surface area (Å²) in [6.07, 6.45) is 1.37. The minimum Gasteiger partial charge on any atom is -0.504 e. The summed E-state index contributed by atoms with van der Waals surface area (Å²) >= 11 is 0. The summed E-state index contributed by atoms with van der Waals surface area (Å²) in [5.74, 6) is 0.178. The van der Waals surface area contributed by atoms with Gasteiger partial charge in [-0.2, -0.15) is 0 Å². The van der Waals surface area contributed by atoms with Gasteiger partial charge in [-0.25, -0.2) is 0 Å². The molecule has 4 aromatic rings. The van der Waals surface area contributed by atoms with Gasteiger partial charge in [0.2, 0.25) is 0 Å². The van der Waals surface area contributed by atoms with Crippen LogP contribution in [0.5, 0.6) is 5.75 Å². The third-order valence-electron chi connectivity index (χ3n) is 3.20. The summed E-state index contributed by atoms with van der Waals surface area (Å²) in [6, 6.07) is 12.0. The lowest BCUT2D eigenvalue weighted by Crippen LogP contribution is -1.70. The Morgan fingerprint density at radius 2 is 1.88 bits per heavy atom. The smallest absolute Gasteiger partial charge is 0.163 e. The van der Waals surface area contributed by atoms with Crippen molar-refractivity contribution in [2.75, 3.05) is 0 Å². The second kappa shape index (κ2) is 2.83. The molecule has 2 N–H and O–H groups in total. The van der Waals surface area contributed by atoms with Gasteiger partial charge >= 0.3 is 0 Å². The fourth-order valence-electron chi connectivity index (χ4n) is 2.43. The number of aromatic amines is 1. The molecule has 2 aromatic heterocycles. The van der Waals surface area contributed by atoms with E-state index in [-0.39, 0.29) is 5.75 Å². The Balaban J connectivity index is 2.37. The quantitative estimate of drug-likeness (QED) is 0.476. The van der Waals surface area contributed by atoms with Crippen LogP contribution in [0, 0.1) is 0 Å². The lowest BCUT2D eigenvalue weighted by Gasteiger charge is -1.92. The Morgan fingerprint density at radius 1 is 1.00 bits per heavy atom. The van der Waals surface area contributed by atoms with Crippen molar-refractivity contribution in [2.24, 2.45) is 0 Å². The molecule has 0 amide bonds. The second-order valence-corrected chi connectivity index (χ2v) is 4.15. The van der Waals surface area contributed by atoms with Crippen molar-refractivity contribution >= 4 is 32.8 Å². The normalized spacial score (nSPS) is 11.8. The van der Waals surface area contributed by atoms with Gasteiger partial charge in [-0.3, -0.25) is 0 Å². The summed E-state index contributed by atoms with van der Waals surface area (Å²) in [6.45, 7) is 0. The van der Waals surface area contributed by atoms with Gasteiger partial charge in [0.25, 0.3) is 0 Å². The molecule has 82 valence electrons. The molecule has 0 unspecified atom stereocenters. The predicted molar refractivity (Wildman–Crippen MR) is 67.2 cm³/mol. The van der Waals surface area contributed by atoms with Crippen molar-refractivity contribution in [1.29, 1.82) is 0 Å². The Kier molecular flexibility index (Phi) is 1.45. The summed E-state index contributed by atoms with van der Waals surface area (Å²) in [7, 11) is 0. The lowest BCUT2D eigenvalue weighted by atomic mass is 10.1. The fraction of sp³-hybridized carbons (Fsp3) is 0. The van der Waals surface area contributed by atoms with E-state index in [1.165, 1.54) is 6.26 Å². The first-order valence-corrected chi connectivity index (χ1v) is 5.44. The largest absolute Gasteiger partial charge is 0.504 e. The number of para-hydroxylation sites is 1. The Hall–Kier alpha value is -2.42. The highest BCUT2D eigenvalue weighted by Crippen LogP contribution is 2.36. The number of rotatable bonds is 0. The zero-order chi connectivity index (χ0) is 11.4. The first-order valence-electron chi connectivity index (χ1n) is 5.44. The van der Waals surface area contributed by atoms with Gasteiger partial charge in [0.1, 0.15) is 11.8 Å². The van der Waals surface area contributed by atoms with Gasteiger partial charge in [-0.1, -0.05) is 18.2 Å². The van der Waals surface area contributed by atoms with Crippen LogP contribution in [0.2, 0.25) is 0 Å². The molecule has 17 heavy (non-hydrogen) atoms. The average Bonchev–Trinajstić information content (AvgIpc) is 2.90. The van der Waals surface area contributed by atoms with Crippen LogP contribution in [-0.2, 0) is 0 Å². The molecule has 0 saturated heterocycles. The number of fused-ring (bicyclic) bond motifs is 5. The predicted octanol–water partition coefficient (Wildman–Crippen LogP) is 3.77. The van der Waals surface area contributed by atoms with E-state index in [1.54, 1.807) is 0 Å². The summed E-state index contributed by atoms with van der Waals surface area (Å²) in [5.41, 5.74) is 2.69. The molecule has 0 aliphatic rings. The molecule has 2 aromatic carbocycles. The average molecular weight is 223 g/mol. The lowest BCUT2D eigenvalue weighted by molar-refractivity contribution is 0.464. The molecular weight excluding hydrogens is 214 g/mol. The maximum absolute atomic E-state index is 9.82. The summed E-state index contributed by atoms with van der Waals surface area (Å²) in [5, 5.41) is 12.8. The van der Waals surface area contributed by atoms with Crippen molar-refractivity contribution in [3.05, 3.63) is 42.7 Å². The molecule has 0 fully saturated rings. The van der Waals surface area contributed by atoms with Crippen molar-refractivity contribution in [3.63, 3.8) is 0 Å². The highest BCUT2D eigenvalue weighted by atomic mass is 16.4. The minimum atomic E-state index is 0.178. The highest BCUT2D eigenvalue weighted by molar-refractivity contribution is 6.17. The van der Waals surface area contributed by atoms with E-state index in [0.717, 1.165) is 27.2 Å². The van der Waals surface area contributed by atoms with E-state index in [4.69, 9.17) is 4.42 Å². The van der Waals surface area contributed by atoms with E-state index in [9.17, 15) is 5.11 Å². The van der Waals surface area contributed by atoms with Gasteiger partial charge in [-0.15, -0.1) is 0 Å². The molecule has 2 heterocycles. The Morgan fingerprint density at radius 3 is 2.82 bits per heavy atom. The molecule has 0 atom stereocenters. The van der Waals surface area contributed by atoms with E-state index in [0.29, 0.717) is 5.58 Å². The molecule has 0 radical (unpaired) electrons. The van der Waals surface area contributed by atoms with Crippen molar-refractivity contribution < 1.29 is 9.52 Å². The number of aromatic nitrogens is 1. The van der Waals surface area contributed by atoms with Gasteiger partial charge in [-0.05, 0) is 18.2 Å². The van der Waals surface area contributed by atoms with Crippen molar-refractivity contribution in [3.8, 4) is 5.75 Å². The first-order chi connectivity index (χ1) is 8.34.